The van der Waals surface area contributed by atoms with E-state index in [-0.39, 0.29) is 5.60 Å². The van der Waals surface area contributed by atoms with Gasteiger partial charge in [-0.1, -0.05) is 12.8 Å². The third kappa shape index (κ3) is 7.08. The Morgan fingerprint density at radius 2 is 1.55 bits per heavy atom. The van der Waals surface area contributed by atoms with Crippen molar-refractivity contribution in [2.24, 2.45) is 0 Å². The molecule has 2 heteroatoms. The van der Waals surface area contributed by atoms with Crippen molar-refractivity contribution in [2.45, 2.75) is 38.2 Å². The smallest absolute Gasteiger partial charge is 0.106 e. The molecule has 2 nitrogen and oxygen atoms in total. The van der Waals surface area contributed by atoms with Gasteiger partial charge in [0.15, 0.2) is 0 Å². The molecule has 0 spiro atoms. The van der Waals surface area contributed by atoms with Gasteiger partial charge in [0.25, 0.3) is 0 Å². The molecule has 0 radical (unpaired) electrons. The number of aliphatic hydroxyl groups is 1. The summed E-state index contributed by atoms with van der Waals surface area (Å²) in [5, 5.41) is 9.19. The van der Waals surface area contributed by atoms with Gasteiger partial charge in [0.1, 0.15) is 6.79 Å². The van der Waals surface area contributed by atoms with Crippen molar-refractivity contribution in [1.29, 1.82) is 0 Å². The van der Waals surface area contributed by atoms with Gasteiger partial charge in [-0.3, -0.25) is 0 Å². The topological polar surface area (TPSA) is 37.3 Å². The summed E-state index contributed by atoms with van der Waals surface area (Å²) in [5.41, 5.74) is -0.306. The first-order valence-electron chi connectivity index (χ1n) is 3.55. The molecule has 0 atom stereocenters. The van der Waals surface area contributed by atoms with Crippen molar-refractivity contribution in [3.63, 3.8) is 0 Å². The second-order valence-corrected chi connectivity index (χ2v) is 2.70. The number of rotatable bonds is 0. The van der Waals surface area contributed by atoms with Crippen molar-refractivity contribution in [2.75, 3.05) is 0 Å². The van der Waals surface area contributed by atoms with Gasteiger partial charge in [-0.2, -0.15) is 0 Å². The van der Waals surface area contributed by atoms with E-state index in [9.17, 15) is 5.11 Å². The Morgan fingerprint density at radius 1 is 1.27 bits per heavy atom. The van der Waals surface area contributed by atoms with E-state index >= 15 is 0 Å². The lowest BCUT2D eigenvalue weighted by Crippen LogP contribution is -2.17. The zero-order valence-electron chi connectivity index (χ0n) is 7.05. The van der Waals surface area contributed by atoms with E-state index < -0.39 is 0 Å². The van der Waals surface area contributed by atoms with Crippen LogP contribution in [0.15, 0.2) is 0 Å². The minimum absolute atomic E-state index is 0.306. The van der Waals surface area contributed by atoms with Gasteiger partial charge < -0.3 is 9.90 Å². The molecule has 1 aliphatic carbocycles. The first kappa shape index (κ1) is 12.8. The SMILES string of the molecule is C#C.C=O.CC1(O)CCCC1. The third-order valence-electron chi connectivity index (χ3n) is 1.68. The van der Waals surface area contributed by atoms with Gasteiger partial charge >= 0.3 is 0 Å². The van der Waals surface area contributed by atoms with Crippen LogP contribution in [-0.4, -0.2) is 17.5 Å². The Kier molecular flexibility index (Phi) is 8.51. The van der Waals surface area contributed by atoms with Crippen LogP contribution < -0.4 is 0 Å². The Hall–Kier alpha value is -0.810. The highest BCUT2D eigenvalue weighted by molar-refractivity contribution is 5.10. The number of hydrogen-bond acceptors (Lipinski definition) is 2. The maximum absolute atomic E-state index is 9.19. The molecule has 1 fully saturated rings. The summed E-state index contributed by atoms with van der Waals surface area (Å²) in [5.74, 6) is 0. The van der Waals surface area contributed by atoms with Gasteiger partial charge in [-0.25, -0.2) is 0 Å². The van der Waals surface area contributed by atoms with Crippen molar-refractivity contribution in [3.05, 3.63) is 0 Å². The summed E-state index contributed by atoms with van der Waals surface area (Å²) in [4.78, 5) is 8.00. The van der Waals surface area contributed by atoms with Crippen molar-refractivity contribution in [1.82, 2.24) is 0 Å². The number of hydrogen-bond donors (Lipinski definition) is 1. The third-order valence-corrected chi connectivity index (χ3v) is 1.68. The molecule has 1 N–H and O–H groups in total. The van der Waals surface area contributed by atoms with E-state index in [0.717, 1.165) is 12.8 Å². The molecule has 0 amide bonds. The fourth-order valence-electron chi connectivity index (χ4n) is 1.14. The molecule has 0 unspecified atom stereocenters. The zero-order chi connectivity index (χ0) is 9.33. The Labute approximate surface area is 68.6 Å². The minimum atomic E-state index is -0.306. The molecular formula is C9H16O2. The second kappa shape index (κ2) is 7.30. The molecule has 0 aliphatic heterocycles. The van der Waals surface area contributed by atoms with Crippen LogP contribution in [0.25, 0.3) is 0 Å². The lowest BCUT2D eigenvalue weighted by atomic mass is 10.1. The largest absolute Gasteiger partial charge is 0.390 e. The van der Waals surface area contributed by atoms with Crippen LogP contribution in [0.5, 0.6) is 0 Å². The van der Waals surface area contributed by atoms with Gasteiger partial charge in [-0.05, 0) is 19.8 Å². The summed E-state index contributed by atoms with van der Waals surface area (Å²) < 4.78 is 0. The van der Waals surface area contributed by atoms with Crippen LogP contribution >= 0.6 is 0 Å². The summed E-state index contributed by atoms with van der Waals surface area (Å²) in [6.07, 6.45) is 12.4. The van der Waals surface area contributed by atoms with Crippen LogP contribution in [0.2, 0.25) is 0 Å². The summed E-state index contributed by atoms with van der Waals surface area (Å²) in [6.45, 7) is 3.92. The second-order valence-electron chi connectivity index (χ2n) is 2.70. The van der Waals surface area contributed by atoms with E-state index in [2.05, 4.69) is 12.8 Å². The Morgan fingerprint density at radius 3 is 1.64 bits per heavy atom. The van der Waals surface area contributed by atoms with Gasteiger partial charge in [0, 0.05) is 0 Å². The lowest BCUT2D eigenvalue weighted by Gasteiger charge is -2.12. The van der Waals surface area contributed by atoms with Crippen LogP contribution in [0.1, 0.15) is 32.6 Å². The predicted octanol–water partition coefficient (Wildman–Crippen LogP) is 1.38. The highest BCUT2D eigenvalue weighted by atomic mass is 16.3. The molecule has 0 bridgehead atoms. The molecule has 0 aromatic carbocycles. The summed E-state index contributed by atoms with van der Waals surface area (Å²) in [7, 11) is 0. The molecule has 1 aliphatic rings. The predicted molar refractivity (Wildman–Crippen MR) is 46.1 cm³/mol. The van der Waals surface area contributed by atoms with Crippen LogP contribution in [0.4, 0.5) is 0 Å². The Balaban J connectivity index is 0. The molecule has 0 aromatic rings. The van der Waals surface area contributed by atoms with E-state index in [1.807, 2.05) is 13.7 Å². The molecule has 64 valence electrons. The van der Waals surface area contributed by atoms with E-state index in [1.165, 1.54) is 12.8 Å². The van der Waals surface area contributed by atoms with Crippen molar-refractivity contribution in [3.8, 4) is 12.8 Å². The first-order valence-corrected chi connectivity index (χ1v) is 3.55. The quantitative estimate of drug-likeness (QED) is 0.538. The highest BCUT2D eigenvalue weighted by Gasteiger charge is 2.24. The average Bonchev–Trinajstić information content (AvgIpc) is 2.43. The molecule has 0 saturated heterocycles. The monoisotopic (exact) mass is 156 g/mol. The minimum Gasteiger partial charge on any atom is -0.390 e. The first-order chi connectivity index (χ1) is 5.21. The average molecular weight is 156 g/mol. The molecule has 0 aromatic heterocycles. The van der Waals surface area contributed by atoms with Gasteiger partial charge in [-0.15, -0.1) is 12.8 Å². The lowest BCUT2D eigenvalue weighted by molar-refractivity contribution is -0.0979. The highest BCUT2D eigenvalue weighted by Crippen LogP contribution is 2.27. The molecule has 0 heterocycles. The molecule has 1 saturated carbocycles. The van der Waals surface area contributed by atoms with Gasteiger partial charge in [0.2, 0.25) is 0 Å². The Bertz CT molecular complexity index is 97.4. The summed E-state index contributed by atoms with van der Waals surface area (Å²) in [6, 6.07) is 0. The van der Waals surface area contributed by atoms with E-state index in [1.54, 1.807) is 0 Å². The van der Waals surface area contributed by atoms with Crippen molar-refractivity contribution >= 4 is 6.79 Å². The number of carbonyl (C=O) groups excluding carboxylic acids is 1. The molecular weight excluding hydrogens is 140 g/mol. The zero-order valence-corrected chi connectivity index (χ0v) is 7.05. The van der Waals surface area contributed by atoms with Crippen LogP contribution in [0.3, 0.4) is 0 Å². The fraction of sp³-hybridized carbons (Fsp3) is 0.667. The summed E-state index contributed by atoms with van der Waals surface area (Å²) >= 11 is 0. The molecule has 11 heavy (non-hydrogen) atoms. The maximum atomic E-state index is 9.19. The fourth-order valence-corrected chi connectivity index (χ4v) is 1.14. The molecule has 1 rings (SSSR count). The normalized spacial score (nSPS) is 18.5. The number of terminal acetylenes is 1. The maximum Gasteiger partial charge on any atom is 0.106 e. The standard InChI is InChI=1S/C6H12O.C2H2.CH2O/c1-6(7)4-2-3-5-6;2*1-2/h7H,2-5H2,1H3;1-2H;1H2. The van der Waals surface area contributed by atoms with Crippen LogP contribution in [0, 0.1) is 12.8 Å². The van der Waals surface area contributed by atoms with Gasteiger partial charge in [0.05, 0.1) is 5.60 Å². The van der Waals surface area contributed by atoms with E-state index in [4.69, 9.17) is 4.79 Å². The van der Waals surface area contributed by atoms with E-state index in [0.29, 0.717) is 0 Å². The number of carbonyl (C=O) groups is 1. The van der Waals surface area contributed by atoms with Crippen LogP contribution in [-0.2, 0) is 4.79 Å². The van der Waals surface area contributed by atoms with Crippen molar-refractivity contribution < 1.29 is 9.90 Å².